The van der Waals surface area contributed by atoms with Crippen LogP contribution in [0.25, 0.3) is 5.76 Å². The van der Waals surface area contributed by atoms with E-state index in [1.54, 1.807) is 30.2 Å². The van der Waals surface area contributed by atoms with E-state index in [1.165, 1.54) is 0 Å². The maximum Gasteiger partial charge on any atom is 0.295 e. The lowest BCUT2D eigenvalue weighted by atomic mass is 9.94. The van der Waals surface area contributed by atoms with E-state index in [0.717, 1.165) is 25.2 Å². The Hall–Kier alpha value is -3.36. The monoisotopic (exact) mass is 494 g/mol. The Bertz CT molecular complexity index is 1140. The zero-order chi connectivity index (χ0) is 25.7. The Kier molecular flexibility index (Phi) is 8.28. The SMILES string of the molecule is CCOc1ccccc1C1/C(=C(\O)c2ccc(OC)c(C)c2)C(=O)C(=O)N1CCCN1CCOCC1. The molecule has 2 fully saturated rings. The summed E-state index contributed by atoms with van der Waals surface area (Å²) < 4.78 is 16.6. The van der Waals surface area contributed by atoms with E-state index >= 15 is 0 Å². The molecule has 0 saturated carbocycles. The number of aryl methyl sites for hydroxylation is 1. The van der Waals surface area contributed by atoms with Gasteiger partial charge < -0.3 is 24.2 Å². The smallest absolute Gasteiger partial charge is 0.295 e. The van der Waals surface area contributed by atoms with Gasteiger partial charge in [-0.3, -0.25) is 14.5 Å². The number of ketones is 1. The van der Waals surface area contributed by atoms with Crippen LogP contribution in [0.4, 0.5) is 0 Å². The van der Waals surface area contributed by atoms with E-state index in [-0.39, 0.29) is 11.3 Å². The van der Waals surface area contributed by atoms with Crippen LogP contribution in [0.15, 0.2) is 48.0 Å². The minimum absolute atomic E-state index is 0.0723. The van der Waals surface area contributed by atoms with E-state index in [2.05, 4.69) is 4.90 Å². The summed E-state index contributed by atoms with van der Waals surface area (Å²) in [4.78, 5) is 30.5. The molecule has 0 radical (unpaired) electrons. The zero-order valence-corrected chi connectivity index (χ0v) is 21.2. The van der Waals surface area contributed by atoms with Gasteiger partial charge in [-0.25, -0.2) is 0 Å². The van der Waals surface area contributed by atoms with Crippen molar-refractivity contribution in [3.8, 4) is 11.5 Å². The van der Waals surface area contributed by atoms with E-state index in [0.29, 0.717) is 55.4 Å². The Morgan fingerprint density at radius 2 is 1.83 bits per heavy atom. The molecule has 1 atom stereocenters. The molecule has 0 spiro atoms. The Balaban J connectivity index is 1.73. The molecule has 0 aromatic heterocycles. The number of aliphatic hydroxyl groups excluding tert-OH is 1. The van der Waals surface area contributed by atoms with Crippen molar-refractivity contribution >= 4 is 17.4 Å². The van der Waals surface area contributed by atoms with Gasteiger partial charge >= 0.3 is 0 Å². The van der Waals surface area contributed by atoms with Crippen molar-refractivity contribution in [2.24, 2.45) is 0 Å². The fraction of sp³-hybridized carbons (Fsp3) is 0.429. The summed E-state index contributed by atoms with van der Waals surface area (Å²) in [6.07, 6.45) is 0.696. The first-order valence-electron chi connectivity index (χ1n) is 12.4. The van der Waals surface area contributed by atoms with Gasteiger partial charge in [0, 0.05) is 37.3 Å². The molecule has 2 aliphatic rings. The number of carbonyl (C=O) groups is 2. The third kappa shape index (κ3) is 5.24. The number of nitrogens with zero attached hydrogens (tertiary/aromatic N) is 2. The summed E-state index contributed by atoms with van der Waals surface area (Å²) >= 11 is 0. The Morgan fingerprint density at radius 3 is 2.53 bits per heavy atom. The third-order valence-corrected chi connectivity index (χ3v) is 6.70. The maximum atomic E-state index is 13.4. The van der Waals surface area contributed by atoms with Crippen molar-refractivity contribution in [1.82, 2.24) is 9.80 Å². The first-order valence-corrected chi connectivity index (χ1v) is 12.4. The molecule has 2 heterocycles. The highest BCUT2D eigenvalue weighted by Crippen LogP contribution is 2.43. The fourth-order valence-corrected chi connectivity index (χ4v) is 4.90. The van der Waals surface area contributed by atoms with Crippen LogP contribution in [0, 0.1) is 6.92 Å². The van der Waals surface area contributed by atoms with Gasteiger partial charge in [0.2, 0.25) is 0 Å². The number of likely N-dealkylation sites (tertiary alicyclic amines) is 1. The second-order valence-corrected chi connectivity index (χ2v) is 8.96. The molecule has 1 unspecified atom stereocenters. The first kappa shape index (κ1) is 25.7. The van der Waals surface area contributed by atoms with Crippen LogP contribution in [0.2, 0.25) is 0 Å². The second-order valence-electron chi connectivity index (χ2n) is 8.96. The summed E-state index contributed by atoms with van der Waals surface area (Å²) in [6.45, 7) is 8.47. The van der Waals surface area contributed by atoms with Gasteiger partial charge in [0.05, 0.1) is 38.5 Å². The fourth-order valence-electron chi connectivity index (χ4n) is 4.90. The summed E-state index contributed by atoms with van der Waals surface area (Å²) in [5, 5.41) is 11.4. The van der Waals surface area contributed by atoms with Crippen molar-refractivity contribution in [1.29, 1.82) is 0 Å². The topological polar surface area (TPSA) is 88.5 Å². The molecular formula is C28H34N2O6. The average molecular weight is 495 g/mol. The lowest BCUT2D eigenvalue weighted by Gasteiger charge is -2.29. The van der Waals surface area contributed by atoms with Gasteiger partial charge in [-0.15, -0.1) is 0 Å². The summed E-state index contributed by atoms with van der Waals surface area (Å²) in [5.41, 5.74) is 2.02. The zero-order valence-electron chi connectivity index (χ0n) is 21.2. The van der Waals surface area contributed by atoms with Crippen LogP contribution < -0.4 is 9.47 Å². The number of morpholine rings is 1. The van der Waals surface area contributed by atoms with E-state index < -0.39 is 17.7 Å². The normalized spacial score (nSPS) is 20.1. The van der Waals surface area contributed by atoms with Crippen molar-refractivity contribution in [3.63, 3.8) is 0 Å². The molecule has 2 aliphatic heterocycles. The summed E-state index contributed by atoms with van der Waals surface area (Å²) in [7, 11) is 1.58. The molecule has 2 saturated heterocycles. The van der Waals surface area contributed by atoms with Gasteiger partial charge in [-0.2, -0.15) is 0 Å². The number of aliphatic hydroxyl groups is 1. The third-order valence-electron chi connectivity index (χ3n) is 6.70. The van der Waals surface area contributed by atoms with Crippen LogP contribution in [-0.2, 0) is 14.3 Å². The van der Waals surface area contributed by atoms with Gasteiger partial charge in [0.1, 0.15) is 17.3 Å². The molecule has 36 heavy (non-hydrogen) atoms. The highest BCUT2D eigenvalue weighted by Gasteiger charge is 2.46. The molecular weight excluding hydrogens is 460 g/mol. The largest absolute Gasteiger partial charge is 0.507 e. The average Bonchev–Trinajstić information content (AvgIpc) is 3.14. The molecule has 8 heteroatoms. The van der Waals surface area contributed by atoms with Gasteiger partial charge in [0.15, 0.2) is 0 Å². The van der Waals surface area contributed by atoms with Crippen LogP contribution in [0.1, 0.15) is 36.1 Å². The number of Topliss-reactive ketones (excluding diaryl/α,β-unsaturated/α-hetero) is 1. The molecule has 1 N–H and O–H groups in total. The number of carbonyl (C=O) groups excluding carboxylic acids is 2. The van der Waals surface area contributed by atoms with E-state index in [4.69, 9.17) is 14.2 Å². The number of methoxy groups -OCH3 is 1. The highest BCUT2D eigenvalue weighted by molar-refractivity contribution is 6.46. The van der Waals surface area contributed by atoms with Gasteiger partial charge in [-0.05, 0) is 50.1 Å². The Labute approximate surface area is 212 Å². The maximum absolute atomic E-state index is 13.4. The lowest BCUT2D eigenvalue weighted by molar-refractivity contribution is -0.140. The van der Waals surface area contributed by atoms with Crippen molar-refractivity contribution < 1.29 is 28.9 Å². The standard InChI is InChI=1S/C28H34N2O6/c1-4-36-23-9-6-5-8-21(23)25-24(26(31)20-10-11-22(34-3)19(2)18-20)27(32)28(33)30(25)13-7-12-29-14-16-35-17-15-29/h5-6,8-11,18,25,31H,4,7,12-17H2,1-3H3/b26-24+. The molecule has 8 nitrogen and oxygen atoms in total. The molecule has 2 aromatic carbocycles. The number of para-hydroxylation sites is 1. The van der Waals surface area contributed by atoms with Crippen molar-refractivity contribution in [2.75, 3.05) is 53.1 Å². The Morgan fingerprint density at radius 1 is 1.08 bits per heavy atom. The predicted molar refractivity (Wildman–Crippen MR) is 136 cm³/mol. The molecule has 2 aromatic rings. The van der Waals surface area contributed by atoms with E-state index in [9.17, 15) is 14.7 Å². The van der Waals surface area contributed by atoms with E-state index in [1.807, 2.05) is 38.1 Å². The minimum atomic E-state index is -0.750. The molecule has 1 amide bonds. The number of hydrogen-bond acceptors (Lipinski definition) is 7. The number of rotatable bonds is 9. The molecule has 0 aliphatic carbocycles. The number of ether oxygens (including phenoxy) is 3. The summed E-state index contributed by atoms with van der Waals surface area (Å²) in [5.74, 6) is -0.245. The van der Waals surface area contributed by atoms with Crippen LogP contribution >= 0.6 is 0 Å². The van der Waals surface area contributed by atoms with Crippen LogP contribution in [0.3, 0.4) is 0 Å². The predicted octanol–water partition coefficient (Wildman–Crippen LogP) is 3.55. The van der Waals surface area contributed by atoms with Crippen molar-refractivity contribution in [3.05, 3.63) is 64.7 Å². The number of benzene rings is 2. The summed E-state index contributed by atoms with van der Waals surface area (Å²) in [6, 6.07) is 11.8. The van der Waals surface area contributed by atoms with Gasteiger partial charge in [-0.1, -0.05) is 18.2 Å². The lowest BCUT2D eigenvalue weighted by Crippen LogP contribution is -2.39. The minimum Gasteiger partial charge on any atom is -0.507 e. The van der Waals surface area contributed by atoms with Gasteiger partial charge in [0.25, 0.3) is 11.7 Å². The molecule has 0 bridgehead atoms. The quantitative estimate of drug-likeness (QED) is 0.324. The van der Waals surface area contributed by atoms with Crippen LogP contribution in [-0.4, -0.2) is 79.7 Å². The van der Waals surface area contributed by atoms with Crippen molar-refractivity contribution in [2.45, 2.75) is 26.3 Å². The highest BCUT2D eigenvalue weighted by atomic mass is 16.5. The first-order chi connectivity index (χ1) is 17.5. The van der Waals surface area contributed by atoms with Crippen LogP contribution in [0.5, 0.6) is 11.5 Å². The molecule has 192 valence electrons. The number of amides is 1. The number of hydrogen-bond donors (Lipinski definition) is 1. The second kappa shape index (κ2) is 11.6. The molecule has 4 rings (SSSR count).